The van der Waals surface area contributed by atoms with Crippen molar-refractivity contribution in [3.63, 3.8) is 0 Å². The van der Waals surface area contributed by atoms with E-state index in [0.717, 1.165) is 23.4 Å². The summed E-state index contributed by atoms with van der Waals surface area (Å²) in [5, 5.41) is 0.878. The molecule has 15 heavy (non-hydrogen) atoms. The number of halogens is 2. The highest BCUT2D eigenvalue weighted by Crippen LogP contribution is 2.27. The van der Waals surface area contributed by atoms with Gasteiger partial charge in [0.15, 0.2) is 0 Å². The average Bonchev–Trinajstić information content (AvgIpc) is 2.61. The van der Waals surface area contributed by atoms with E-state index in [4.69, 9.17) is 27.6 Å². The summed E-state index contributed by atoms with van der Waals surface area (Å²) in [5.74, 6) is 0.794. The van der Waals surface area contributed by atoms with Gasteiger partial charge in [0, 0.05) is 17.0 Å². The average molecular weight is 242 g/mol. The lowest BCUT2D eigenvalue weighted by Crippen LogP contribution is -1.83. The monoisotopic (exact) mass is 241 g/mol. The van der Waals surface area contributed by atoms with E-state index in [-0.39, 0.29) is 5.35 Å². The Morgan fingerprint density at radius 1 is 1.20 bits per heavy atom. The molecule has 0 atom stereocenters. The molecule has 2 aromatic rings. The van der Waals surface area contributed by atoms with Gasteiger partial charge in [-0.15, -0.1) is 0 Å². The van der Waals surface area contributed by atoms with Crippen LogP contribution in [0.15, 0.2) is 28.7 Å². The Labute approximate surface area is 97.8 Å². The number of hydrogen-bond acceptors (Lipinski definition) is 2. The van der Waals surface area contributed by atoms with Crippen LogP contribution in [0.25, 0.3) is 11.3 Å². The van der Waals surface area contributed by atoms with Crippen molar-refractivity contribution in [2.45, 2.75) is 13.3 Å². The Balaban J connectivity index is 2.48. The van der Waals surface area contributed by atoms with E-state index in [1.807, 2.05) is 31.2 Å². The summed E-state index contributed by atoms with van der Waals surface area (Å²) in [4.78, 5) is 4.14. The van der Waals surface area contributed by atoms with Crippen molar-refractivity contribution >= 4 is 23.2 Å². The Kier molecular flexibility index (Phi) is 2.98. The second-order valence-electron chi connectivity index (χ2n) is 3.10. The van der Waals surface area contributed by atoms with E-state index in [0.29, 0.717) is 5.02 Å². The number of rotatable bonds is 2. The van der Waals surface area contributed by atoms with Crippen molar-refractivity contribution in [3.8, 4) is 11.3 Å². The van der Waals surface area contributed by atoms with Crippen LogP contribution in [0, 0.1) is 0 Å². The fourth-order valence-corrected chi connectivity index (χ4v) is 1.70. The zero-order valence-electron chi connectivity index (χ0n) is 8.13. The zero-order valence-corrected chi connectivity index (χ0v) is 9.64. The maximum Gasteiger partial charge on any atom is 0.292 e. The lowest BCUT2D eigenvalue weighted by molar-refractivity contribution is 0.513. The minimum atomic E-state index is 0.178. The van der Waals surface area contributed by atoms with Gasteiger partial charge in [-0.3, -0.25) is 0 Å². The quantitative estimate of drug-likeness (QED) is 0.788. The van der Waals surface area contributed by atoms with Crippen LogP contribution in [0.3, 0.4) is 0 Å². The Morgan fingerprint density at radius 3 is 2.47 bits per heavy atom. The maximum atomic E-state index is 5.81. The molecule has 2 rings (SSSR count). The van der Waals surface area contributed by atoms with Crippen LogP contribution in [-0.4, -0.2) is 4.98 Å². The molecule has 0 radical (unpaired) electrons. The number of aromatic nitrogens is 1. The SMILES string of the molecule is CCc1oc(Cl)nc1-c1ccc(Cl)cc1. The van der Waals surface area contributed by atoms with Crippen LogP contribution >= 0.6 is 23.2 Å². The molecule has 0 aliphatic heterocycles. The molecule has 78 valence electrons. The fraction of sp³-hybridized carbons (Fsp3) is 0.182. The molecule has 0 N–H and O–H groups in total. The smallest absolute Gasteiger partial charge is 0.292 e. The van der Waals surface area contributed by atoms with Gasteiger partial charge >= 0.3 is 0 Å². The topological polar surface area (TPSA) is 26.0 Å². The van der Waals surface area contributed by atoms with Crippen molar-refractivity contribution in [1.29, 1.82) is 0 Å². The zero-order chi connectivity index (χ0) is 10.8. The number of aryl methyl sites for hydroxylation is 1. The van der Waals surface area contributed by atoms with Crippen molar-refractivity contribution in [1.82, 2.24) is 4.98 Å². The molecule has 1 heterocycles. The molecule has 0 saturated heterocycles. The molecule has 0 aliphatic rings. The first kappa shape index (κ1) is 10.5. The van der Waals surface area contributed by atoms with E-state index in [1.54, 1.807) is 0 Å². The number of oxazole rings is 1. The molecule has 0 aliphatic carbocycles. The molecule has 4 heteroatoms. The molecule has 0 fully saturated rings. The van der Waals surface area contributed by atoms with Gasteiger partial charge in [-0.2, -0.15) is 4.98 Å². The summed E-state index contributed by atoms with van der Waals surface area (Å²) in [5.41, 5.74) is 1.76. The van der Waals surface area contributed by atoms with Crippen LogP contribution in [0.4, 0.5) is 0 Å². The van der Waals surface area contributed by atoms with Crippen molar-refractivity contribution in [2.75, 3.05) is 0 Å². The van der Waals surface area contributed by atoms with Gasteiger partial charge in [-0.25, -0.2) is 0 Å². The molecule has 0 saturated carbocycles. The van der Waals surface area contributed by atoms with Crippen molar-refractivity contribution in [2.24, 2.45) is 0 Å². The minimum Gasteiger partial charge on any atom is -0.432 e. The molecule has 0 bridgehead atoms. The Hall–Kier alpha value is -0.990. The van der Waals surface area contributed by atoms with Crippen LogP contribution in [0.1, 0.15) is 12.7 Å². The lowest BCUT2D eigenvalue weighted by Gasteiger charge is -1.98. The third kappa shape index (κ3) is 2.16. The maximum absolute atomic E-state index is 5.81. The van der Waals surface area contributed by atoms with Crippen LogP contribution < -0.4 is 0 Å². The Bertz CT molecular complexity index is 462. The molecule has 1 aromatic carbocycles. The first-order valence-corrected chi connectivity index (χ1v) is 5.37. The molecule has 1 aromatic heterocycles. The predicted molar refractivity (Wildman–Crippen MR) is 61.3 cm³/mol. The van der Waals surface area contributed by atoms with Crippen molar-refractivity contribution in [3.05, 3.63) is 40.4 Å². The standard InChI is InChI=1S/C11H9Cl2NO/c1-2-9-10(14-11(13)15-9)7-3-5-8(12)6-4-7/h3-6H,2H2,1H3. The largest absolute Gasteiger partial charge is 0.432 e. The summed E-state index contributed by atoms with van der Waals surface area (Å²) < 4.78 is 5.27. The molecular formula is C11H9Cl2NO. The summed E-state index contributed by atoms with van der Waals surface area (Å²) in [7, 11) is 0. The predicted octanol–water partition coefficient (Wildman–Crippen LogP) is 4.21. The van der Waals surface area contributed by atoms with Crippen molar-refractivity contribution < 1.29 is 4.42 Å². The number of nitrogens with zero attached hydrogens (tertiary/aromatic N) is 1. The molecule has 0 unspecified atom stereocenters. The first-order valence-electron chi connectivity index (χ1n) is 4.62. The second kappa shape index (κ2) is 4.25. The van der Waals surface area contributed by atoms with Crippen LogP contribution in [-0.2, 0) is 6.42 Å². The van der Waals surface area contributed by atoms with Gasteiger partial charge in [-0.1, -0.05) is 30.7 Å². The fourth-order valence-electron chi connectivity index (χ4n) is 1.40. The molecule has 2 nitrogen and oxygen atoms in total. The third-order valence-electron chi connectivity index (χ3n) is 2.11. The minimum absolute atomic E-state index is 0.178. The molecular weight excluding hydrogens is 233 g/mol. The van der Waals surface area contributed by atoms with Crippen LogP contribution in [0.2, 0.25) is 10.4 Å². The van der Waals surface area contributed by atoms with Gasteiger partial charge in [-0.05, 0) is 23.7 Å². The van der Waals surface area contributed by atoms with Gasteiger partial charge in [0.2, 0.25) is 0 Å². The second-order valence-corrected chi connectivity index (χ2v) is 3.86. The van der Waals surface area contributed by atoms with Gasteiger partial charge < -0.3 is 4.42 Å². The highest BCUT2D eigenvalue weighted by atomic mass is 35.5. The Morgan fingerprint density at radius 2 is 1.87 bits per heavy atom. The third-order valence-corrected chi connectivity index (χ3v) is 2.52. The van der Waals surface area contributed by atoms with E-state index < -0.39 is 0 Å². The summed E-state index contributed by atoms with van der Waals surface area (Å²) in [6.07, 6.45) is 0.762. The van der Waals surface area contributed by atoms with E-state index in [2.05, 4.69) is 4.98 Å². The van der Waals surface area contributed by atoms with E-state index in [1.165, 1.54) is 0 Å². The normalized spacial score (nSPS) is 10.6. The summed E-state index contributed by atoms with van der Waals surface area (Å²) >= 11 is 11.5. The first-order chi connectivity index (χ1) is 7.20. The van der Waals surface area contributed by atoms with Gasteiger partial charge in [0.1, 0.15) is 11.5 Å². The summed E-state index contributed by atoms with van der Waals surface area (Å²) in [6.45, 7) is 2.00. The lowest BCUT2D eigenvalue weighted by atomic mass is 10.1. The summed E-state index contributed by atoms with van der Waals surface area (Å²) in [6, 6.07) is 7.43. The molecule has 0 spiro atoms. The van der Waals surface area contributed by atoms with E-state index in [9.17, 15) is 0 Å². The van der Waals surface area contributed by atoms with Crippen LogP contribution in [0.5, 0.6) is 0 Å². The van der Waals surface area contributed by atoms with E-state index >= 15 is 0 Å². The highest BCUT2D eigenvalue weighted by Gasteiger charge is 2.11. The number of benzene rings is 1. The highest BCUT2D eigenvalue weighted by molar-refractivity contribution is 6.30. The van der Waals surface area contributed by atoms with Gasteiger partial charge in [0.25, 0.3) is 5.35 Å². The van der Waals surface area contributed by atoms with Gasteiger partial charge in [0.05, 0.1) is 0 Å². The number of hydrogen-bond donors (Lipinski definition) is 0. The molecule has 0 amide bonds.